The first-order valence-corrected chi connectivity index (χ1v) is 8.54. The van der Waals surface area contributed by atoms with Crippen LogP contribution in [0.5, 0.6) is 0 Å². The molecule has 0 saturated heterocycles. The van der Waals surface area contributed by atoms with Crippen molar-refractivity contribution >= 4 is 25.7 Å². The number of sulfone groups is 1. The molecule has 0 spiro atoms. The number of nitrogens with zero attached hydrogens (tertiary/aromatic N) is 1. The lowest BCUT2D eigenvalue weighted by molar-refractivity contribution is -0.388. The maximum absolute atomic E-state index is 12.9. The molecule has 2 aromatic carbocycles. The van der Waals surface area contributed by atoms with Crippen molar-refractivity contribution in [3.8, 4) is 0 Å². The highest BCUT2D eigenvalue weighted by Crippen LogP contribution is 2.31. The Morgan fingerprint density at radius 2 is 1.50 bits per heavy atom. The van der Waals surface area contributed by atoms with E-state index in [4.69, 9.17) is 0 Å². The van der Waals surface area contributed by atoms with Crippen LogP contribution in [0.1, 0.15) is 0 Å². The van der Waals surface area contributed by atoms with E-state index in [1.807, 2.05) is 0 Å². The van der Waals surface area contributed by atoms with Crippen molar-refractivity contribution in [2.24, 2.45) is 0 Å². The normalized spacial score (nSPS) is 12.0. The Bertz CT molecular complexity index is 939. The van der Waals surface area contributed by atoms with Crippen LogP contribution in [0.3, 0.4) is 0 Å². The van der Waals surface area contributed by atoms with Crippen LogP contribution in [-0.4, -0.2) is 21.8 Å². The first kappa shape index (κ1) is 16.0. The molecule has 0 heterocycles. The van der Waals surface area contributed by atoms with Crippen molar-refractivity contribution in [3.63, 3.8) is 0 Å². The van der Waals surface area contributed by atoms with Gasteiger partial charge in [-0.25, -0.2) is 8.42 Å². The van der Waals surface area contributed by atoms with E-state index in [1.165, 1.54) is 24.3 Å². The fraction of sp³-hybridized carbons (Fsp3) is 0. The molecule has 0 aliphatic carbocycles. The summed E-state index contributed by atoms with van der Waals surface area (Å²) < 4.78 is 59.3. The van der Waals surface area contributed by atoms with Crippen LogP contribution in [0.4, 0.5) is 9.57 Å². The second-order valence-electron chi connectivity index (χ2n) is 4.14. The third-order valence-corrected chi connectivity index (χ3v) is 5.39. The quantitative estimate of drug-likeness (QED) is 0.476. The molecule has 0 unspecified atom stereocenters. The lowest BCUT2D eigenvalue weighted by atomic mass is 10.3. The first-order chi connectivity index (χ1) is 10.1. The van der Waals surface area contributed by atoms with Crippen LogP contribution in [0.15, 0.2) is 63.2 Å². The minimum Gasteiger partial charge on any atom is -0.258 e. The summed E-state index contributed by atoms with van der Waals surface area (Å²) in [4.78, 5) is 8.03. The number of nitro groups is 1. The van der Waals surface area contributed by atoms with E-state index >= 15 is 0 Å². The monoisotopic (exact) mass is 345 g/mol. The van der Waals surface area contributed by atoms with Crippen molar-refractivity contribution in [1.82, 2.24) is 0 Å². The summed E-state index contributed by atoms with van der Waals surface area (Å²) in [5.74, 6) is 0. The Balaban J connectivity index is 2.74. The second-order valence-corrected chi connectivity index (χ2v) is 7.41. The van der Waals surface area contributed by atoms with Crippen LogP contribution < -0.4 is 0 Å². The van der Waals surface area contributed by atoms with Gasteiger partial charge in [-0.1, -0.05) is 18.2 Å². The summed E-state index contributed by atoms with van der Waals surface area (Å²) in [6.07, 6.45) is 0. The fourth-order valence-electron chi connectivity index (χ4n) is 1.75. The molecule has 0 N–H and O–H groups in total. The Labute approximate surface area is 125 Å². The minimum atomic E-state index is -5.18. The number of nitro benzene ring substituents is 1. The minimum absolute atomic E-state index is 0.200. The zero-order valence-electron chi connectivity index (χ0n) is 10.7. The molecule has 0 aromatic heterocycles. The molecule has 0 fully saturated rings. The molecule has 0 bridgehead atoms. The van der Waals surface area contributed by atoms with Crippen LogP contribution in [0, 0.1) is 10.1 Å². The Kier molecular flexibility index (Phi) is 3.98. The largest absolute Gasteiger partial charge is 0.332 e. The predicted octanol–water partition coefficient (Wildman–Crippen LogP) is 2.09. The number of benzene rings is 2. The van der Waals surface area contributed by atoms with Gasteiger partial charge in [0, 0.05) is 6.07 Å². The second kappa shape index (κ2) is 5.46. The Morgan fingerprint density at radius 3 is 2.00 bits per heavy atom. The van der Waals surface area contributed by atoms with Crippen molar-refractivity contribution in [2.75, 3.05) is 0 Å². The van der Waals surface area contributed by atoms with Gasteiger partial charge in [0.1, 0.15) is 9.79 Å². The number of hydrogen-bond donors (Lipinski definition) is 0. The number of halogens is 1. The van der Waals surface area contributed by atoms with Gasteiger partial charge in [0.15, 0.2) is 0 Å². The predicted molar refractivity (Wildman–Crippen MR) is 73.3 cm³/mol. The van der Waals surface area contributed by atoms with Crippen molar-refractivity contribution in [3.05, 3.63) is 58.6 Å². The molecule has 0 saturated carbocycles. The maximum Gasteiger partial charge on any atom is 0.332 e. The molecule has 10 heteroatoms. The summed E-state index contributed by atoms with van der Waals surface area (Å²) in [7, 11) is -9.42. The molecule has 22 heavy (non-hydrogen) atoms. The van der Waals surface area contributed by atoms with Crippen molar-refractivity contribution in [2.45, 2.75) is 14.7 Å². The van der Waals surface area contributed by atoms with Gasteiger partial charge in [-0.2, -0.15) is 8.42 Å². The van der Waals surface area contributed by atoms with E-state index in [1.54, 1.807) is 6.07 Å². The topological polar surface area (TPSA) is 111 Å². The average Bonchev–Trinajstić information content (AvgIpc) is 2.46. The van der Waals surface area contributed by atoms with Crippen molar-refractivity contribution < 1.29 is 25.6 Å². The van der Waals surface area contributed by atoms with Gasteiger partial charge in [0.05, 0.1) is 9.82 Å². The summed E-state index contributed by atoms with van der Waals surface area (Å²) in [5.41, 5.74) is -1.01. The van der Waals surface area contributed by atoms with E-state index in [0.717, 1.165) is 0 Å². The third kappa shape index (κ3) is 2.97. The van der Waals surface area contributed by atoms with Gasteiger partial charge in [0.25, 0.3) is 5.69 Å². The smallest absolute Gasteiger partial charge is 0.258 e. The van der Waals surface area contributed by atoms with E-state index < -0.39 is 40.5 Å². The number of hydrogen-bond acceptors (Lipinski definition) is 6. The molecular formula is C12H8FNO6S2. The molecule has 2 rings (SSSR count). The number of rotatable bonds is 4. The van der Waals surface area contributed by atoms with Gasteiger partial charge >= 0.3 is 10.2 Å². The molecule has 116 valence electrons. The molecule has 0 aliphatic rings. The summed E-state index contributed by atoms with van der Waals surface area (Å²) >= 11 is 0. The zero-order valence-corrected chi connectivity index (χ0v) is 12.3. The highest BCUT2D eigenvalue weighted by atomic mass is 32.3. The van der Waals surface area contributed by atoms with Crippen LogP contribution in [0.25, 0.3) is 0 Å². The van der Waals surface area contributed by atoms with E-state index in [9.17, 15) is 30.8 Å². The van der Waals surface area contributed by atoms with E-state index in [2.05, 4.69) is 0 Å². The third-order valence-electron chi connectivity index (χ3n) is 2.75. The van der Waals surface area contributed by atoms with Gasteiger partial charge in [-0.05, 0) is 24.3 Å². The average molecular weight is 345 g/mol. The molecule has 0 aliphatic heterocycles. The summed E-state index contributed by atoms with van der Waals surface area (Å²) in [5, 5.41) is 11.0. The van der Waals surface area contributed by atoms with E-state index in [0.29, 0.717) is 18.2 Å². The van der Waals surface area contributed by atoms with Gasteiger partial charge in [0.2, 0.25) is 9.84 Å². The highest BCUT2D eigenvalue weighted by Gasteiger charge is 2.29. The highest BCUT2D eigenvalue weighted by molar-refractivity contribution is 7.91. The van der Waals surface area contributed by atoms with Gasteiger partial charge in [-0.15, -0.1) is 3.89 Å². The molecule has 7 nitrogen and oxygen atoms in total. The maximum atomic E-state index is 12.9. The summed E-state index contributed by atoms with van der Waals surface area (Å²) in [6.45, 7) is 0. The van der Waals surface area contributed by atoms with Gasteiger partial charge in [-0.3, -0.25) is 10.1 Å². The molecular weight excluding hydrogens is 337 g/mol. The SMILES string of the molecule is O=[N+]([O-])c1cc(S(=O)(=O)F)ccc1S(=O)(=O)c1ccccc1. The molecule has 0 radical (unpaired) electrons. The zero-order chi connectivity index (χ0) is 16.5. The molecule has 2 aromatic rings. The molecule has 0 atom stereocenters. The standard InChI is InChI=1S/C12H8FNO6S2/c13-22(19,20)10-6-7-12(11(8-10)14(15)16)21(17,18)9-4-2-1-3-5-9/h1-8H. The van der Waals surface area contributed by atoms with Crippen LogP contribution in [-0.2, 0) is 20.1 Å². The van der Waals surface area contributed by atoms with Gasteiger partial charge < -0.3 is 0 Å². The van der Waals surface area contributed by atoms with Crippen molar-refractivity contribution in [1.29, 1.82) is 0 Å². The Morgan fingerprint density at radius 1 is 0.909 bits per heavy atom. The lowest BCUT2D eigenvalue weighted by Crippen LogP contribution is -2.07. The first-order valence-electron chi connectivity index (χ1n) is 5.67. The molecule has 0 amide bonds. The van der Waals surface area contributed by atoms with Crippen LogP contribution >= 0.6 is 0 Å². The fourth-order valence-corrected chi connectivity index (χ4v) is 3.65. The van der Waals surface area contributed by atoms with E-state index in [-0.39, 0.29) is 4.90 Å². The Hall–Kier alpha value is -2.33. The summed E-state index contributed by atoms with van der Waals surface area (Å²) in [6, 6.07) is 8.64. The lowest BCUT2D eigenvalue weighted by Gasteiger charge is -2.06. The van der Waals surface area contributed by atoms with Crippen LogP contribution in [0.2, 0.25) is 0 Å².